The molecule has 1 aliphatic rings. The summed E-state index contributed by atoms with van der Waals surface area (Å²) in [6.07, 6.45) is 1.83. The molecular formula is C16H19NO3. The van der Waals surface area contributed by atoms with Crippen molar-refractivity contribution in [2.75, 3.05) is 18.5 Å². The summed E-state index contributed by atoms with van der Waals surface area (Å²) >= 11 is 0. The summed E-state index contributed by atoms with van der Waals surface area (Å²) in [7, 11) is 0. The number of hydrogen-bond acceptors (Lipinski definition) is 3. The molecule has 1 amide bonds. The summed E-state index contributed by atoms with van der Waals surface area (Å²) in [6, 6.07) is 5.69. The van der Waals surface area contributed by atoms with Gasteiger partial charge in [0.25, 0.3) is 5.91 Å². The standard InChI is InChI=1S/C16H19NO3/c1-12-9-13(5-2-3-7-18)11-14(10-12)17-16(19)15-6-4-8-20-15/h9-11,15,18H,3-4,6-8H2,1H3,(H,17,19). The van der Waals surface area contributed by atoms with Crippen LogP contribution in [0.15, 0.2) is 18.2 Å². The van der Waals surface area contributed by atoms with Crippen LogP contribution in [0.4, 0.5) is 5.69 Å². The van der Waals surface area contributed by atoms with Crippen molar-refractivity contribution in [3.05, 3.63) is 29.3 Å². The number of aliphatic hydroxyl groups excluding tert-OH is 1. The topological polar surface area (TPSA) is 58.6 Å². The van der Waals surface area contributed by atoms with Gasteiger partial charge in [-0.3, -0.25) is 4.79 Å². The molecular weight excluding hydrogens is 254 g/mol. The zero-order valence-corrected chi connectivity index (χ0v) is 11.6. The summed E-state index contributed by atoms with van der Waals surface area (Å²) < 4.78 is 5.36. The maximum atomic E-state index is 12.0. The SMILES string of the molecule is Cc1cc(C#CCCO)cc(NC(=O)C2CCCO2)c1. The van der Waals surface area contributed by atoms with Gasteiger partial charge in [0.2, 0.25) is 0 Å². The Bertz CT molecular complexity index is 536. The van der Waals surface area contributed by atoms with Gasteiger partial charge in [-0.15, -0.1) is 0 Å². The number of hydrogen-bond donors (Lipinski definition) is 2. The van der Waals surface area contributed by atoms with Gasteiger partial charge in [-0.25, -0.2) is 0 Å². The molecule has 0 aliphatic carbocycles. The molecule has 4 heteroatoms. The second kappa shape index (κ2) is 7.09. The molecule has 1 heterocycles. The average Bonchev–Trinajstić information content (AvgIpc) is 2.92. The number of benzene rings is 1. The van der Waals surface area contributed by atoms with E-state index in [1.165, 1.54) is 0 Å². The van der Waals surface area contributed by atoms with Crippen LogP contribution in [0.25, 0.3) is 0 Å². The van der Waals surface area contributed by atoms with Crippen LogP contribution in [0.2, 0.25) is 0 Å². The van der Waals surface area contributed by atoms with Crippen LogP contribution in [-0.4, -0.2) is 30.3 Å². The maximum absolute atomic E-state index is 12.0. The maximum Gasteiger partial charge on any atom is 0.253 e. The number of anilines is 1. The van der Waals surface area contributed by atoms with Crippen molar-refractivity contribution in [2.45, 2.75) is 32.3 Å². The lowest BCUT2D eigenvalue weighted by atomic mass is 10.1. The monoisotopic (exact) mass is 273 g/mol. The van der Waals surface area contributed by atoms with E-state index >= 15 is 0 Å². The van der Waals surface area contributed by atoms with E-state index in [0.717, 1.165) is 29.7 Å². The highest BCUT2D eigenvalue weighted by molar-refractivity contribution is 5.94. The predicted octanol–water partition coefficient (Wildman–Crippen LogP) is 1.85. The fourth-order valence-corrected chi connectivity index (χ4v) is 2.16. The molecule has 2 rings (SSSR count). The van der Waals surface area contributed by atoms with Crippen LogP contribution in [0.5, 0.6) is 0 Å². The zero-order valence-electron chi connectivity index (χ0n) is 11.6. The molecule has 1 unspecified atom stereocenters. The van der Waals surface area contributed by atoms with E-state index in [2.05, 4.69) is 17.2 Å². The molecule has 0 bridgehead atoms. The Balaban J connectivity index is 2.07. The van der Waals surface area contributed by atoms with E-state index in [9.17, 15) is 4.79 Å². The fraction of sp³-hybridized carbons (Fsp3) is 0.438. The molecule has 1 atom stereocenters. The predicted molar refractivity (Wildman–Crippen MR) is 77.4 cm³/mol. The van der Waals surface area contributed by atoms with E-state index < -0.39 is 0 Å². The largest absolute Gasteiger partial charge is 0.395 e. The molecule has 1 aromatic rings. The van der Waals surface area contributed by atoms with Crippen molar-refractivity contribution in [3.8, 4) is 11.8 Å². The van der Waals surface area contributed by atoms with Crippen molar-refractivity contribution >= 4 is 11.6 Å². The molecule has 4 nitrogen and oxygen atoms in total. The normalized spacial score (nSPS) is 17.4. The highest BCUT2D eigenvalue weighted by Crippen LogP contribution is 2.17. The lowest BCUT2D eigenvalue weighted by Crippen LogP contribution is -2.26. The molecule has 0 saturated carbocycles. The third-order valence-electron chi connectivity index (χ3n) is 3.04. The highest BCUT2D eigenvalue weighted by atomic mass is 16.5. The smallest absolute Gasteiger partial charge is 0.253 e. The van der Waals surface area contributed by atoms with Gasteiger partial charge in [0.15, 0.2) is 0 Å². The van der Waals surface area contributed by atoms with Gasteiger partial charge in [-0.2, -0.15) is 0 Å². The highest BCUT2D eigenvalue weighted by Gasteiger charge is 2.23. The third-order valence-corrected chi connectivity index (χ3v) is 3.04. The minimum atomic E-state index is -0.334. The average molecular weight is 273 g/mol. The van der Waals surface area contributed by atoms with Crippen molar-refractivity contribution in [1.29, 1.82) is 0 Å². The van der Waals surface area contributed by atoms with E-state index in [1.807, 2.05) is 25.1 Å². The van der Waals surface area contributed by atoms with Gasteiger partial charge in [0, 0.05) is 24.3 Å². The first-order chi connectivity index (χ1) is 9.69. The van der Waals surface area contributed by atoms with Gasteiger partial charge in [-0.1, -0.05) is 11.8 Å². The molecule has 1 saturated heterocycles. The number of aliphatic hydroxyl groups is 1. The Morgan fingerprint density at radius 3 is 3.05 bits per heavy atom. The Hall–Kier alpha value is -1.83. The molecule has 1 aromatic carbocycles. The van der Waals surface area contributed by atoms with Crippen molar-refractivity contribution < 1.29 is 14.6 Å². The molecule has 0 radical (unpaired) electrons. The Labute approximate surface area is 119 Å². The van der Waals surface area contributed by atoms with Crippen LogP contribution < -0.4 is 5.32 Å². The number of nitrogens with one attached hydrogen (secondary N) is 1. The van der Waals surface area contributed by atoms with E-state index in [0.29, 0.717) is 13.0 Å². The zero-order chi connectivity index (χ0) is 14.4. The second-order valence-corrected chi connectivity index (χ2v) is 4.85. The Kier molecular flexibility index (Phi) is 5.16. The molecule has 2 N–H and O–H groups in total. The second-order valence-electron chi connectivity index (χ2n) is 4.85. The van der Waals surface area contributed by atoms with Crippen LogP contribution in [0.1, 0.15) is 30.4 Å². The minimum absolute atomic E-state index is 0.0570. The van der Waals surface area contributed by atoms with Gasteiger partial charge < -0.3 is 15.2 Å². The number of rotatable bonds is 3. The summed E-state index contributed by atoms with van der Waals surface area (Å²) in [5.74, 6) is 5.76. The number of aryl methyl sites for hydroxylation is 1. The van der Waals surface area contributed by atoms with Crippen molar-refractivity contribution in [3.63, 3.8) is 0 Å². The first kappa shape index (κ1) is 14.6. The van der Waals surface area contributed by atoms with Crippen LogP contribution >= 0.6 is 0 Å². The molecule has 0 aromatic heterocycles. The van der Waals surface area contributed by atoms with Gasteiger partial charge in [0.05, 0.1) is 6.61 Å². The molecule has 0 spiro atoms. The molecule has 20 heavy (non-hydrogen) atoms. The minimum Gasteiger partial charge on any atom is -0.395 e. The van der Waals surface area contributed by atoms with Gasteiger partial charge in [-0.05, 0) is 43.5 Å². The van der Waals surface area contributed by atoms with Crippen LogP contribution in [0, 0.1) is 18.8 Å². The van der Waals surface area contributed by atoms with Crippen LogP contribution in [0.3, 0.4) is 0 Å². The quantitative estimate of drug-likeness (QED) is 0.826. The molecule has 1 fully saturated rings. The van der Waals surface area contributed by atoms with Gasteiger partial charge >= 0.3 is 0 Å². The van der Waals surface area contributed by atoms with Gasteiger partial charge in [0.1, 0.15) is 6.10 Å². The number of amides is 1. The summed E-state index contributed by atoms with van der Waals surface area (Å²) in [5.41, 5.74) is 2.60. The van der Waals surface area contributed by atoms with E-state index in [4.69, 9.17) is 9.84 Å². The number of ether oxygens (including phenoxy) is 1. The molecule has 1 aliphatic heterocycles. The Morgan fingerprint density at radius 1 is 1.50 bits per heavy atom. The first-order valence-corrected chi connectivity index (χ1v) is 6.83. The van der Waals surface area contributed by atoms with Crippen LogP contribution in [-0.2, 0) is 9.53 Å². The summed E-state index contributed by atoms with van der Waals surface area (Å²) in [4.78, 5) is 12.0. The van der Waals surface area contributed by atoms with Crippen molar-refractivity contribution in [1.82, 2.24) is 0 Å². The fourth-order valence-electron chi connectivity index (χ4n) is 2.16. The third kappa shape index (κ3) is 4.09. The molecule has 106 valence electrons. The van der Waals surface area contributed by atoms with E-state index in [1.54, 1.807) is 0 Å². The summed E-state index contributed by atoms with van der Waals surface area (Å²) in [5, 5.41) is 11.6. The summed E-state index contributed by atoms with van der Waals surface area (Å²) in [6.45, 7) is 2.67. The van der Waals surface area contributed by atoms with Crippen molar-refractivity contribution in [2.24, 2.45) is 0 Å². The lowest BCUT2D eigenvalue weighted by Gasteiger charge is -2.11. The lowest BCUT2D eigenvalue weighted by molar-refractivity contribution is -0.124. The number of carbonyl (C=O) groups is 1. The number of carbonyl (C=O) groups excluding carboxylic acids is 1. The first-order valence-electron chi connectivity index (χ1n) is 6.83. The Morgan fingerprint density at radius 2 is 2.35 bits per heavy atom. The van der Waals surface area contributed by atoms with E-state index in [-0.39, 0.29) is 18.6 Å².